The molecule has 0 fully saturated rings. The molecule has 1 aliphatic rings. The van der Waals surface area contributed by atoms with E-state index in [0.29, 0.717) is 40.1 Å². The topological polar surface area (TPSA) is 81.0 Å². The fourth-order valence-corrected chi connectivity index (χ4v) is 3.68. The first-order valence-corrected chi connectivity index (χ1v) is 10.9. The molecule has 0 unspecified atom stereocenters. The van der Waals surface area contributed by atoms with Gasteiger partial charge in [0.25, 0.3) is 11.8 Å². The summed E-state index contributed by atoms with van der Waals surface area (Å²) in [5, 5.41) is 3.55. The average Bonchev–Trinajstić information content (AvgIpc) is 3.41. The second-order valence-corrected chi connectivity index (χ2v) is 7.80. The lowest BCUT2D eigenvalue weighted by atomic mass is 10.0. The maximum Gasteiger partial charge on any atom is 0.278 e. The number of methoxy groups -OCH3 is 1. The van der Waals surface area contributed by atoms with Crippen LogP contribution in [0.2, 0.25) is 5.02 Å². The molecular weight excluding hydrogens is 444 g/mol. The van der Waals surface area contributed by atoms with Gasteiger partial charge in [0, 0.05) is 5.02 Å². The van der Waals surface area contributed by atoms with Gasteiger partial charge in [0.05, 0.1) is 37.8 Å². The van der Waals surface area contributed by atoms with Crippen LogP contribution in [0.5, 0.6) is 11.5 Å². The van der Waals surface area contributed by atoms with Gasteiger partial charge >= 0.3 is 0 Å². The normalized spacial score (nSPS) is 13.6. The molecule has 3 aromatic rings. The molecule has 8 heteroatoms. The van der Waals surface area contributed by atoms with Gasteiger partial charge in [-0.05, 0) is 54.4 Å². The number of carbonyl (C=O) groups is 2. The first-order chi connectivity index (χ1) is 16.0. The summed E-state index contributed by atoms with van der Waals surface area (Å²) < 4.78 is 16.4. The van der Waals surface area contributed by atoms with Crippen LogP contribution in [0.1, 0.15) is 24.7 Å². The molecule has 0 saturated carbocycles. The Bertz CT molecular complexity index is 1190. The van der Waals surface area contributed by atoms with Crippen molar-refractivity contribution in [3.05, 3.63) is 82.9 Å². The molecule has 33 heavy (non-hydrogen) atoms. The summed E-state index contributed by atoms with van der Waals surface area (Å²) in [7, 11) is 1.52. The molecule has 170 valence electrons. The number of rotatable bonds is 9. The zero-order chi connectivity index (χ0) is 23.4. The second kappa shape index (κ2) is 9.83. The third kappa shape index (κ3) is 4.73. The number of anilines is 1. The predicted molar refractivity (Wildman–Crippen MR) is 125 cm³/mol. The number of nitrogens with zero attached hydrogens (tertiary/aromatic N) is 1. The maximum atomic E-state index is 13.4. The first kappa shape index (κ1) is 22.5. The molecule has 0 radical (unpaired) electrons. The molecule has 0 aliphatic carbocycles. The Hall–Kier alpha value is -3.71. The molecule has 2 amide bonds. The highest BCUT2D eigenvalue weighted by Crippen LogP contribution is 2.35. The summed E-state index contributed by atoms with van der Waals surface area (Å²) in [4.78, 5) is 27.9. The molecule has 2 aromatic carbocycles. The molecule has 7 nitrogen and oxygen atoms in total. The lowest BCUT2D eigenvalue weighted by molar-refractivity contribution is -0.137. The van der Waals surface area contributed by atoms with Crippen molar-refractivity contribution in [1.82, 2.24) is 4.90 Å². The van der Waals surface area contributed by atoms with Crippen LogP contribution >= 0.6 is 11.6 Å². The SMILES string of the molecule is CCCOc1ccc(C2=C(Nc3cc(Cl)ccc3OC)C(=O)N(Cc3ccco3)C2=O)cc1. The quantitative estimate of drug-likeness (QED) is 0.441. The van der Waals surface area contributed by atoms with Crippen molar-refractivity contribution in [2.75, 3.05) is 19.0 Å². The van der Waals surface area contributed by atoms with E-state index < -0.39 is 11.8 Å². The highest BCUT2D eigenvalue weighted by Gasteiger charge is 2.40. The third-order valence-electron chi connectivity index (χ3n) is 5.10. The van der Waals surface area contributed by atoms with Crippen molar-refractivity contribution in [2.24, 2.45) is 0 Å². The van der Waals surface area contributed by atoms with Crippen molar-refractivity contribution in [2.45, 2.75) is 19.9 Å². The van der Waals surface area contributed by atoms with Gasteiger partial charge in [0.15, 0.2) is 0 Å². The summed E-state index contributed by atoms with van der Waals surface area (Å²) in [5.74, 6) is 0.776. The summed E-state index contributed by atoms with van der Waals surface area (Å²) in [5.41, 5.74) is 1.44. The molecule has 0 saturated heterocycles. The zero-order valence-electron chi connectivity index (χ0n) is 18.3. The number of hydrogen-bond donors (Lipinski definition) is 1. The largest absolute Gasteiger partial charge is 0.495 e. The van der Waals surface area contributed by atoms with E-state index in [4.69, 9.17) is 25.5 Å². The Morgan fingerprint density at radius 2 is 1.85 bits per heavy atom. The molecule has 1 aliphatic heterocycles. The Kier molecular flexibility index (Phi) is 6.70. The van der Waals surface area contributed by atoms with E-state index in [1.54, 1.807) is 54.6 Å². The van der Waals surface area contributed by atoms with Crippen LogP contribution in [-0.2, 0) is 16.1 Å². The van der Waals surface area contributed by atoms with Crippen molar-refractivity contribution < 1.29 is 23.5 Å². The average molecular weight is 467 g/mol. The van der Waals surface area contributed by atoms with E-state index in [-0.39, 0.29) is 17.8 Å². The van der Waals surface area contributed by atoms with Gasteiger partial charge in [-0.3, -0.25) is 14.5 Å². The van der Waals surface area contributed by atoms with Gasteiger partial charge in [-0.2, -0.15) is 0 Å². The Morgan fingerprint density at radius 1 is 1.06 bits per heavy atom. The van der Waals surface area contributed by atoms with Crippen LogP contribution < -0.4 is 14.8 Å². The van der Waals surface area contributed by atoms with Crippen LogP contribution in [0.25, 0.3) is 5.57 Å². The maximum absolute atomic E-state index is 13.4. The van der Waals surface area contributed by atoms with E-state index in [1.165, 1.54) is 13.4 Å². The second-order valence-electron chi connectivity index (χ2n) is 7.37. The van der Waals surface area contributed by atoms with Crippen molar-refractivity contribution in [3.63, 3.8) is 0 Å². The summed E-state index contributed by atoms with van der Waals surface area (Å²) in [6.07, 6.45) is 2.39. The van der Waals surface area contributed by atoms with Crippen LogP contribution in [-0.4, -0.2) is 30.4 Å². The minimum atomic E-state index is -0.472. The number of ether oxygens (including phenoxy) is 2. The van der Waals surface area contributed by atoms with Crippen molar-refractivity contribution in [1.29, 1.82) is 0 Å². The summed E-state index contributed by atoms with van der Waals surface area (Å²) >= 11 is 6.16. The standard InChI is InChI=1S/C25H23ClN2O5/c1-3-12-32-18-9-6-16(7-10-18)22-23(27-20-14-17(26)8-11-21(20)31-2)25(30)28(24(22)29)15-19-5-4-13-33-19/h4-11,13-14,27H,3,12,15H2,1-2H3. The number of carbonyl (C=O) groups excluding carboxylic acids is 2. The molecule has 1 N–H and O–H groups in total. The van der Waals surface area contributed by atoms with Gasteiger partial charge in [-0.15, -0.1) is 0 Å². The number of halogens is 1. The predicted octanol–water partition coefficient (Wildman–Crippen LogP) is 5.12. The van der Waals surface area contributed by atoms with Crippen LogP contribution in [0.3, 0.4) is 0 Å². The Morgan fingerprint density at radius 3 is 2.52 bits per heavy atom. The molecule has 0 atom stereocenters. The molecule has 1 aromatic heterocycles. The fraction of sp³-hybridized carbons (Fsp3) is 0.200. The number of furan rings is 1. The van der Waals surface area contributed by atoms with Crippen molar-refractivity contribution in [3.8, 4) is 11.5 Å². The van der Waals surface area contributed by atoms with E-state index in [0.717, 1.165) is 11.3 Å². The van der Waals surface area contributed by atoms with Gasteiger partial charge in [-0.25, -0.2) is 0 Å². The first-order valence-electron chi connectivity index (χ1n) is 10.5. The van der Waals surface area contributed by atoms with Gasteiger partial charge < -0.3 is 19.2 Å². The Labute approximate surface area is 196 Å². The molecule has 4 rings (SSSR count). The number of amides is 2. The van der Waals surface area contributed by atoms with E-state index in [9.17, 15) is 9.59 Å². The number of benzene rings is 2. The minimum Gasteiger partial charge on any atom is -0.495 e. The number of nitrogens with one attached hydrogen (secondary N) is 1. The van der Waals surface area contributed by atoms with Gasteiger partial charge in [-0.1, -0.05) is 30.7 Å². The van der Waals surface area contributed by atoms with Crippen LogP contribution in [0, 0.1) is 0 Å². The van der Waals surface area contributed by atoms with Gasteiger partial charge in [0.1, 0.15) is 23.0 Å². The molecule has 0 spiro atoms. The smallest absolute Gasteiger partial charge is 0.278 e. The Balaban J connectivity index is 1.74. The van der Waals surface area contributed by atoms with Gasteiger partial charge in [0.2, 0.25) is 0 Å². The van der Waals surface area contributed by atoms with Crippen LogP contribution in [0.4, 0.5) is 5.69 Å². The number of hydrogen-bond acceptors (Lipinski definition) is 6. The van der Waals surface area contributed by atoms with Crippen LogP contribution in [0.15, 0.2) is 71.0 Å². The highest BCUT2D eigenvalue weighted by molar-refractivity contribution is 6.36. The summed E-state index contributed by atoms with van der Waals surface area (Å²) in [6.45, 7) is 2.64. The molecule has 2 heterocycles. The van der Waals surface area contributed by atoms with E-state index >= 15 is 0 Å². The minimum absolute atomic E-state index is 0.0176. The fourth-order valence-electron chi connectivity index (χ4n) is 3.51. The lowest BCUT2D eigenvalue weighted by Crippen LogP contribution is -2.31. The monoisotopic (exact) mass is 466 g/mol. The molecule has 0 bridgehead atoms. The van der Waals surface area contributed by atoms with E-state index in [2.05, 4.69) is 5.32 Å². The lowest BCUT2D eigenvalue weighted by Gasteiger charge is -2.14. The molecular formula is C25H23ClN2O5. The number of imide groups is 1. The van der Waals surface area contributed by atoms with E-state index in [1.807, 2.05) is 6.92 Å². The summed E-state index contributed by atoms with van der Waals surface area (Å²) in [6, 6.07) is 15.5. The highest BCUT2D eigenvalue weighted by atomic mass is 35.5. The zero-order valence-corrected chi connectivity index (χ0v) is 19.0. The third-order valence-corrected chi connectivity index (χ3v) is 5.33. The van der Waals surface area contributed by atoms with Crippen molar-refractivity contribution >= 4 is 34.7 Å².